The Morgan fingerprint density at radius 3 is 2.88 bits per heavy atom. The first-order valence-corrected chi connectivity index (χ1v) is 5.64. The second-order valence-electron chi connectivity index (χ2n) is 4.45. The van der Waals surface area contributed by atoms with Crippen molar-refractivity contribution in [1.29, 1.82) is 0 Å². The molecule has 2 heterocycles. The third-order valence-electron chi connectivity index (χ3n) is 3.22. The van der Waals surface area contributed by atoms with Gasteiger partial charge in [-0.25, -0.2) is 0 Å². The van der Waals surface area contributed by atoms with Crippen molar-refractivity contribution in [3.63, 3.8) is 0 Å². The fraction of sp³-hybridized carbons (Fsp3) is 0.308. The number of hydrogen-bond acceptors (Lipinski definition) is 3. The summed E-state index contributed by atoms with van der Waals surface area (Å²) in [5.74, 6) is 0.924. The molecule has 1 atom stereocenters. The van der Waals surface area contributed by atoms with E-state index in [0.717, 1.165) is 22.3 Å². The monoisotopic (exact) mass is 230 g/mol. The Bertz CT molecular complexity index is 588. The molecule has 1 aromatic carbocycles. The van der Waals surface area contributed by atoms with E-state index in [-0.39, 0.29) is 12.1 Å². The summed E-state index contributed by atoms with van der Waals surface area (Å²) in [4.78, 5) is 13.4. The highest BCUT2D eigenvalue weighted by Gasteiger charge is 2.31. The largest absolute Gasteiger partial charge is 0.461 e. The number of aryl methyl sites for hydroxylation is 1. The molecule has 1 saturated heterocycles. The van der Waals surface area contributed by atoms with Gasteiger partial charge in [0.05, 0.1) is 6.54 Å². The standard InChI is InChI=1S/C13H14N2O2/c1-8-12(13-14-11(16)7-15(13)2)9-5-3-4-6-10(9)17-8/h3-6,13H,7H2,1-2H3,(H,14,16). The quantitative estimate of drug-likeness (QED) is 0.812. The summed E-state index contributed by atoms with van der Waals surface area (Å²) in [6.07, 6.45) is -0.0776. The van der Waals surface area contributed by atoms with Crippen LogP contribution in [0.25, 0.3) is 11.0 Å². The minimum absolute atomic E-state index is 0.0576. The van der Waals surface area contributed by atoms with Crippen LogP contribution in [0.2, 0.25) is 0 Å². The number of likely N-dealkylation sites (N-methyl/N-ethyl adjacent to an activating group) is 1. The zero-order valence-corrected chi connectivity index (χ0v) is 9.86. The third kappa shape index (κ3) is 1.52. The highest BCUT2D eigenvalue weighted by atomic mass is 16.3. The van der Waals surface area contributed by atoms with Crippen LogP contribution in [0.15, 0.2) is 28.7 Å². The van der Waals surface area contributed by atoms with Crippen LogP contribution in [0.3, 0.4) is 0 Å². The summed E-state index contributed by atoms with van der Waals surface area (Å²) >= 11 is 0. The Kier molecular flexibility index (Phi) is 2.19. The van der Waals surface area contributed by atoms with Crippen molar-refractivity contribution in [2.45, 2.75) is 13.1 Å². The van der Waals surface area contributed by atoms with Crippen molar-refractivity contribution in [1.82, 2.24) is 10.2 Å². The van der Waals surface area contributed by atoms with Gasteiger partial charge in [-0.2, -0.15) is 0 Å². The average Bonchev–Trinajstić information content (AvgIpc) is 2.77. The molecule has 4 nitrogen and oxygen atoms in total. The van der Waals surface area contributed by atoms with E-state index in [0.29, 0.717) is 6.54 Å². The minimum Gasteiger partial charge on any atom is -0.461 e. The summed E-state index contributed by atoms with van der Waals surface area (Å²) in [5, 5.41) is 4.04. The Balaban J connectivity index is 2.17. The number of carbonyl (C=O) groups excluding carboxylic acids is 1. The van der Waals surface area contributed by atoms with Gasteiger partial charge >= 0.3 is 0 Å². The molecular weight excluding hydrogens is 216 g/mol. The summed E-state index contributed by atoms with van der Waals surface area (Å²) < 4.78 is 5.72. The lowest BCUT2D eigenvalue weighted by molar-refractivity contribution is -0.118. The van der Waals surface area contributed by atoms with Crippen molar-refractivity contribution in [2.75, 3.05) is 13.6 Å². The molecule has 1 aliphatic heterocycles. The van der Waals surface area contributed by atoms with Crippen LogP contribution in [0.4, 0.5) is 0 Å². The molecule has 1 unspecified atom stereocenters. The molecule has 0 spiro atoms. The Labute approximate surface area is 99.2 Å². The van der Waals surface area contributed by atoms with Crippen molar-refractivity contribution < 1.29 is 9.21 Å². The Morgan fingerprint density at radius 2 is 2.18 bits per heavy atom. The highest BCUT2D eigenvalue weighted by Crippen LogP contribution is 2.33. The second-order valence-corrected chi connectivity index (χ2v) is 4.45. The zero-order chi connectivity index (χ0) is 12.0. The van der Waals surface area contributed by atoms with Crippen LogP contribution in [0.1, 0.15) is 17.5 Å². The molecule has 17 heavy (non-hydrogen) atoms. The van der Waals surface area contributed by atoms with Crippen molar-refractivity contribution in [3.8, 4) is 0 Å². The fourth-order valence-electron chi connectivity index (χ4n) is 2.45. The molecule has 0 aliphatic carbocycles. The number of hydrogen-bond donors (Lipinski definition) is 1. The third-order valence-corrected chi connectivity index (χ3v) is 3.22. The molecule has 0 saturated carbocycles. The lowest BCUT2D eigenvalue weighted by Crippen LogP contribution is -2.24. The average molecular weight is 230 g/mol. The summed E-state index contributed by atoms with van der Waals surface area (Å²) in [6.45, 7) is 2.37. The molecule has 1 aromatic heterocycles. The Hall–Kier alpha value is -1.81. The van der Waals surface area contributed by atoms with Crippen molar-refractivity contribution in [3.05, 3.63) is 35.6 Å². The molecule has 1 aliphatic rings. The van der Waals surface area contributed by atoms with E-state index in [4.69, 9.17) is 4.42 Å². The predicted molar refractivity (Wildman–Crippen MR) is 64.5 cm³/mol. The first-order valence-electron chi connectivity index (χ1n) is 5.64. The minimum atomic E-state index is -0.0776. The number of nitrogens with one attached hydrogen (secondary N) is 1. The first kappa shape index (κ1) is 10.4. The van der Waals surface area contributed by atoms with Gasteiger partial charge < -0.3 is 9.73 Å². The van der Waals surface area contributed by atoms with Crippen LogP contribution in [0.5, 0.6) is 0 Å². The van der Waals surface area contributed by atoms with Gasteiger partial charge in [-0.15, -0.1) is 0 Å². The molecule has 1 amide bonds. The Morgan fingerprint density at radius 1 is 1.41 bits per heavy atom. The number of benzene rings is 1. The van der Waals surface area contributed by atoms with Crippen molar-refractivity contribution in [2.24, 2.45) is 0 Å². The number of furan rings is 1. The van der Waals surface area contributed by atoms with Crippen LogP contribution >= 0.6 is 0 Å². The van der Waals surface area contributed by atoms with E-state index in [1.54, 1.807) is 0 Å². The smallest absolute Gasteiger partial charge is 0.235 e. The lowest BCUT2D eigenvalue weighted by Gasteiger charge is -2.18. The predicted octanol–water partition coefficient (Wildman–Crippen LogP) is 1.80. The van der Waals surface area contributed by atoms with E-state index in [9.17, 15) is 4.79 Å². The van der Waals surface area contributed by atoms with Gasteiger partial charge in [0.2, 0.25) is 5.91 Å². The SMILES string of the molecule is Cc1oc2ccccc2c1C1NC(=O)CN1C. The summed E-state index contributed by atoms with van der Waals surface area (Å²) in [5.41, 5.74) is 1.93. The van der Waals surface area contributed by atoms with Crippen molar-refractivity contribution >= 4 is 16.9 Å². The molecule has 2 aromatic rings. The maximum absolute atomic E-state index is 11.4. The lowest BCUT2D eigenvalue weighted by atomic mass is 10.1. The van der Waals surface area contributed by atoms with Gasteiger partial charge in [-0.3, -0.25) is 9.69 Å². The molecular formula is C13H14N2O2. The normalized spacial score (nSPS) is 21.1. The summed E-state index contributed by atoms with van der Waals surface area (Å²) in [7, 11) is 1.93. The maximum atomic E-state index is 11.4. The number of carbonyl (C=O) groups is 1. The fourth-order valence-corrected chi connectivity index (χ4v) is 2.45. The molecule has 0 bridgehead atoms. The summed E-state index contributed by atoms with van der Waals surface area (Å²) in [6, 6.07) is 7.91. The van der Waals surface area contributed by atoms with Crippen LogP contribution in [-0.4, -0.2) is 24.4 Å². The van der Waals surface area contributed by atoms with E-state index in [1.807, 2.05) is 43.1 Å². The molecule has 1 fully saturated rings. The van der Waals surface area contributed by atoms with Crippen LogP contribution < -0.4 is 5.32 Å². The van der Waals surface area contributed by atoms with Gasteiger partial charge in [0.1, 0.15) is 17.5 Å². The van der Waals surface area contributed by atoms with Gasteiger partial charge in [0.25, 0.3) is 0 Å². The molecule has 88 valence electrons. The second kappa shape index (κ2) is 3.60. The first-order chi connectivity index (χ1) is 8.16. The number of fused-ring (bicyclic) bond motifs is 1. The molecule has 0 radical (unpaired) electrons. The van der Waals surface area contributed by atoms with Gasteiger partial charge in [-0.1, -0.05) is 18.2 Å². The topological polar surface area (TPSA) is 45.5 Å². The van der Waals surface area contributed by atoms with Crippen LogP contribution in [-0.2, 0) is 4.79 Å². The van der Waals surface area contributed by atoms with Crippen LogP contribution in [0, 0.1) is 6.92 Å². The van der Waals surface area contributed by atoms with E-state index in [2.05, 4.69) is 5.32 Å². The molecule has 4 heteroatoms. The van der Waals surface area contributed by atoms with Gasteiger partial charge in [-0.05, 0) is 20.0 Å². The number of para-hydroxylation sites is 1. The number of nitrogens with zero attached hydrogens (tertiary/aromatic N) is 1. The highest BCUT2D eigenvalue weighted by molar-refractivity contribution is 5.86. The van der Waals surface area contributed by atoms with E-state index >= 15 is 0 Å². The van der Waals surface area contributed by atoms with E-state index < -0.39 is 0 Å². The number of amides is 1. The number of rotatable bonds is 1. The molecule has 3 rings (SSSR count). The van der Waals surface area contributed by atoms with Gasteiger partial charge in [0, 0.05) is 10.9 Å². The zero-order valence-electron chi connectivity index (χ0n) is 9.86. The molecule has 1 N–H and O–H groups in total. The van der Waals surface area contributed by atoms with Gasteiger partial charge in [0.15, 0.2) is 0 Å². The maximum Gasteiger partial charge on any atom is 0.235 e. The van der Waals surface area contributed by atoms with E-state index in [1.165, 1.54) is 0 Å².